The molecule has 0 spiro atoms. The van der Waals surface area contributed by atoms with Crippen LogP contribution in [-0.2, 0) is 25.5 Å². The lowest BCUT2D eigenvalue weighted by Gasteiger charge is -2.27. The largest absolute Gasteiger partial charge is 0.366 e. The van der Waals surface area contributed by atoms with Crippen LogP contribution >= 0.6 is 0 Å². The summed E-state index contributed by atoms with van der Waals surface area (Å²) in [6, 6.07) is 8.52. The van der Waals surface area contributed by atoms with Gasteiger partial charge in [-0.1, -0.05) is 44.2 Å². The molecule has 1 aliphatic heterocycles. The van der Waals surface area contributed by atoms with E-state index in [0.717, 1.165) is 11.8 Å². The first kappa shape index (κ1) is 22.0. The molecule has 0 aliphatic carbocycles. The third kappa shape index (κ3) is 7.40. The second kappa shape index (κ2) is 11.6. The van der Waals surface area contributed by atoms with Gasteiger partial charge in [-0.3, -0.25) is 9.59 Å². The second-order valence-electron chi connectivity index (χ2n) is 7.53. The van der Waals surface area contributed by atoms with E-state index in [1.54, 1.807) is 0 Å². The van der Waals surface area contributed by atoms with Gasteiger partial charge >= 0.3 is 0 Å². The van der Waals surface area contributed by atoms with E-state index < -0.39 is 18.2 Å². The Labute approximate surface area is 166 Å². The molecule has 1 aromatic rings. The molecule has 1 unspecified atom stereocenters. The number of carbonyl (C=O) groups is 3. The lowest BCUT2D eigenvalue weighted by Crippen LogP contribution is -2.55. The van der Waals surface area contributed by atoms with Gasteiger partial charge in [-0.25, -0.2) is 0 Å². The van der Waals surface area contributed by atoms with E-state index >= 15 is 0 Å². The first-order valence-electron chi connectivity index (χ1n) is 9.92. The Morgan fingerprint density at radius 1 is 1.25 bits per heavy atom. The minimum Gasteiger partial charge on any atom is -0.366 e. The molecule has 1 heterocycles. The quantitative estimate of drug-likeness (QED) is 0.515. The molecule has 1 aromatic carbocycles. The molecule has 7 nitrogen and oxygen atoms in total. The van der Waals surface area contributed by atoms with Crippen LogP contribution in [0.5, 0.6) is 0 Å². The fourth-order valence-electron chi connectivity index (χ4n) is 3.13. The van der Waals surface area contributed by atoms with Gasteiger partial charge in [0.2, 0.25) is 5.91 Å². The molecule has 2 amide bonds. The van der Waals surface area contributed by atoms with Crippen LogP contribution < -0.4 is 16.0 Å². The van der Waals surface area contributed by atoms with E-state index in [0.29, 0.717) is 39.0 Å². The minimum absolute atomic E-state index is 0.209. The summed E-state index contributed by atoms with van der Waals surface area (Å²) in [6.07, 6.45) is 1.84. The zero-order valence-electron chi connectivity index (χ0n) is 16.6. The van der Waals surface area contributed by atoms with Crippen LogP contribution in [0.25, 0.3) is 0 Å². The van der Waals surface area contributed by atoms with Crippen LogP contribution in [0.15, 0.2) is 30.3 Å². The van der Waals surface area contributed by atoms with E-state index in [4.69, 9.17) is 4.74 Å². The average molecular weight is 389 g/mol. The smallest absolute Gasteiger partial charge is 0.251 e. The van der Waals surface area contributed by atoms with Crippen LogP contribution in [0.3, 0.4) is 0 Å². The fraction of sp³-hybridized carbons (Fsp3) is 0.571. The number of nitrogens with one attached hydrogen (secondary N) is 3. The van der Waals surface area contributed by atoms with Crippen molar-refractivity contribution in [3.63, 3.8) is 0 Å². The molecule has 3 atom stereocenters. The number of morpholine rings is 1. The number of ether oxygens (including phenoxy) is 1. The Morgan fingerprint density at radius 2 is 2.00 bits per heavy atom. The van der Waals surface area contributed by atoms with Gasteiger partial charge in [-0.05, 0) is 30.7 Å². The number of aryl methyl sites for hydroxylation is 1. The van der Waals surface area contributed by atoms with Gasteiger partial charge in [0.05, 0.1) is 12.6 Å². The van der Waals surface area contributed by atoms with Gasteiger partial charge in [0.15, 0.2) is 0 Å². The number of amides is 2. The predicted molar refractivity (Wildman–Crippen MR) is 107 cm³/mol. The highest BCUT2D eigenvalue weighted by Crippen LogP contribution is 2.09. The summed E-state index contributed by atoms with van der Waals surface area (Å²) >= 11 is 0. The molecule has 1 aliphatic rings. The Kier molecular flexibility index (Phi) is 9.10. The Balaban J connectivity index is 1.92. The third-order valence-electron chi connectivity index (χ3n) is 4.64. The van der Waals surface area contributed by atoms with Crippen molar-refractivity contribution in [2.45, 2.75) is 51.3 Å². The molecule has 1 saturated heterocycles. The molecule has 0 aromatic heterocycles. The van der Waals surface area contributed by atoms with Gasteiger partial charge in [-0.15, -0.1) is 0 Å². The monoisotopic (exact) mass is 389 g/mol. The van der Waals surface area contributed by atoms with Crippen molar-refractivity contribution in [1.29, 1.82) is 0 Å². The molecule has 28 heavy (non-hydrogen) atoms. The normalized spacial score (nSPS) is 18.9. The molecule has 154 valence electrons. The summed E-state index contributed by atoms with van der Waals surface area (Å²) in [4.78, 5) is 36.6. The van der Waals surface area contributed by atoms with Crippen LogP contribution in [0.4, 0.5) is 0 Å². The van der Waals surface area contributed by atoms with Crippen molar-refractivity contribution in [1.82, 2.24) is 16.0 Å². The van der Waals surface area contributed by atoms with E-state index in [1.165, 1.54) is 0 Å². The highest BCUT2D eigenvalue weighted by molar-refractivity contribution is 5.90. The van der Waals surface area contributed by atoms with Gasteiger partial charge in [0.1, 0.15) is 18.4 Å². The van der Waals surface area contributed by atoms with Crippen molar-refractivity contribution < 1.29 is 19.1 Å². The van der Waals surface area contributed by atoms with Crippen molar-refractivity contribution in [2.24, 2.45) is 5.92 Å². The highest BCUT2D eigenvalue weighted by atomic mass is 16.5. The molecule has 2 rings (SSSR count). The minimum atomic E-state index is -0.697. The Morgan fingerprint density at radius 3 is 2.61 bits per heavy atom. The lowest BCUT2D eigenvalue weighted by molar-refractivity contribution is -0.138. The van der Waals surface area contributed by atoms with Gasteiger partial charge in [0.25, 0.3) is 5.91 Å². The average Bonchev–Trinajstić information content (AvgIpc) is 2.71. The number of carbonyl (C=O) groups excluding carboxylic acids is 3. The zero-order valence-corrected chi connectivity index (χ0v) is 16.6. The first-order valence-corrected chi connectivity index (χ1v) is 9.92. The van der Waals surface area contributed by atoms with E-state index in [1.807, 2.05) is 44.2 Å². The van der Waals surface area contributed by atoms with E-state index in [9.17, 15) is 14.4 Å². The van der Waals surface area contributed by atoms with Crippen molar-refractivity contribution in [3.8, 4) is 0 Å². The third-order valence-corrected chi connectivity index (χ3v) is 4.64. The molecule has 3 N–H and O–H groups in total. The van der Waals surface area contributed by atoms with Crippen LogP contribution in [0.2, 0.25) is 0 Å². The van der Waals surface area contributed by atoms with E-state index in [2.05, 4.69) is 16.0 Å². The molecular formula is C21H31N3O4. The number of hydrogen-bond donors (Lipinski definition) is 3. The summed E-state index contributed by atoms with van der Waals surface area (Å²) in [7, 11) is 0. The number of aldehydes is 1. The van der Waals surface area contributed by atoms with Crippen molar-refractivity contribution in [3.05, 3.63) is 35.9 Å². The summed E-state index contributed by atoms with van der Waals surface area (Å²) in [5, 5.41) is 8.66. The molecule has 7 heteroatoms. The van der Waals surface area contributed by atoms with Crippen molar-refractivity contribution in [2.75, 3.05) is 19.7 Å². The maximum Gasteiger partial charge on any atom is 0.251 e. The maximum absolute atomic E-state index is 12.7. The number of rotatable bonds is 10. The Bertz CT molecular complexity index is 630. The summed E-state index contributed by atoms with van der Waals surface area (Å²) < 4.78 is 5.45. The SMILES string of the molecule is CC(C)C[C@H](NC(=O)C1CNCCO1)C(=O)N[C@H](C=O)CCc1ccccc1. The number of hydrogen-bond acceptors (Lipinski definition) is 5. The van der Waals surface area contributed by atoms with Gasteiger partial charge in [-0.2, -0.15) is 0 Å². The van der Waals surface area contributed by atoms with E-state index in [-0.39, 0.29) is 17.7 Å². The lowest BCUT2D eigenvalue weighted by atomic mass is 10.0. The maximum atomic E-state index is 12.7. The molecule has 1 fully saturated rings. The van der Waals surface area contributed by atoms with Gasteiger partial charge < -0.3 is 25.5 Å². The highest BCUT2D eigenvalue weighted by Gasteiger charge is 2.28. The standard InChI is InChI=1S/C21H31N3O4/c1-15(2)12-18(24-21(27)19-13-22-10-11-28-19)20(26)23-17(14-25)9-8-16-6-4-3-5-7-16/h3-7,14-15,17-19,22H,8-13H2,1-2H3,(H,23,26)(H,24,27)/t17-,18-,19?/m0/s1. The Hall–Kier alpha value is -2.25. The van der Waals surface area contributed by atoms with Crippen LogP contribution in [0.1, 0.15) is 32.3 Å². The number of benzene rings is 1. The zero-order chi connectivity index (χ0) is 20.4. The molecule has 0 radical (unpaired) electrons. The second-order valence-corrected chi connectivity index (χ2v) is 7.53. The van der Waals surface area contributed by atoms with Crippen molar-refractivity contribution >= 4 is 18.1 Å². The summed E-state index contributed by atoms with van der Waals surface area (Å²) in [5.41, 5.74) is 1.11. The molecule has 0 bridgehead atoms. The van der Waals surface area contributed by atoms with Crippen LogP contribution in [-0.4, -0.2) is 56.0 Å². The van der Waals surface area contributed by atoms with Gasteiger partial charge in [0, 0.05) is 13.1 Å². The van der Waals surface area contributed by atoms with Crippen LogP contribution in [0, 0.1) is 5.92 Å². The topological polar surface area (TPSA) is 96.5 Å². The predicted octanol–water partition coefficient (Wildman–Crippen LogP) is 0.822. The fourth-order valence-corrected chi connectivity index (χ4v) is 3.13. The molecule has 0 saturated carbocycles. The summed E-state index contributed by atoms with van der Waals surface area (Å²) in [6.45, 7) is 5.57. The summed E-state index contributed by atoms with van der Waals surface area (Å²) in [5.74, 6) is -0.434. The molecular weight excluding hydrogens is 358 g/mol. The first-order chi connectivity index (χ1) is 13.5.